The van der Waals surface area contributed by atoms with E-state index in [1.165, 1.54) is 6.07 Å². The Morgan fingerprint density at radius 3 is 2.62 bits per heavy atom. The molecular formula is C19H16N2O5. The highest BCUT2D eigenvalue weighted by molar-refractivity contribution is 6.32. The second-order valence-corrected chi connectivity index (χ2v) is 6.12. The van der Waals surface area contributed by atoms with Gasteiger partial charge in [0, 0.05) is 29.9 Å². The third-order valence-corrected chi connectivity index (χ3v) is 4.65. The molecule has 0 radical (unpaired) electrons. The number of aliphatic imine (C=N–C) groups is 1. The Morgan fingerprint density at radius 2 is 1.88 bits per heavy atom. The van der Waals surface area contributed by atoms with Crippen LogP contribution in [0.2, 0.25) is 0 Å². The molecule has 0 bridgehead atoms. The predicted molar refractivity (Wildman–Crippen MR) is 94.0 cm³/mol. The van der Waals surface area contributed by atoms with E-state index in [1.54, 1.807) is 25.3 Å². The molecule has 1 aliphatic heterocycles. The van der Waals surface area contributed by atoms with Gasteiger partial charge in [0.25, 0.3) is 5.69 Å². The number of nitrogens with zero attached hydrogens (tertiary/aromatic N) is 2. The first-order valence-electron chi connectivity index (χ1n) is 8.23. The maximum atomic E-state index is 13.0. The largest absolute Gasteiger partial charge is 0.382 e. The number of carbonyl (C=O) groups excluding carboxylic acids is 1. The molecule has 1 aliphatic carbocycles. The fourth-order valence-electron chi connectivity index (χ4n) is 3.50. The van der Waals surface area contributed by atoms with Crippen LogP contribution in [0.3, 0.4) is 0 Å². The highest BCUT2D eigenvalue weighted by Gasteiger charge is 2.40. The smallest absolute Gasteiger partial charge is 0.281 e. The zero-order valence-corrected chi connectivity index (χ0v) is 14.1. The van der Waals surface area contributed by atoms with E-state index in [0.29, 0.717) is 42.2 Å². The number of hydrogen-bond acceptors (Lipinski definition) is 6. The lowest BCUT2D eigenvalue weighted by Gasteiger charge is -2.19. The standard InChI is InChI=1S/C19H16N2O5/c1-25-8-9-26-10-14-13-6-7-15(21(23)24)17-16(13)18(20-14)11-4-2-3-5-12(11)19(17)22/h2-7,14H,8-10H2,1H3. The number of rotatable bonds is 6. The van der Waals surface area contributed by atoms with Gasteiger partial charge in [-0.05, 0) is 11.6 Å². The Balaban J connectivity index is 1.84. The molecule has 2 aliphatic rings. The van der Waals surface area contributed by atoms with Gasteiger partial charge in [-0.1, -0.05) is 24.3 Å². The van der Waals surface area contributed by atoms with E-state index in [1.807, 2.05) is 12.1 Å². The van der Waals surface area contributed by atoms with Crippen LogP contribution in [0.1, 0.15) is 38.7 Å². The molecule has 0 aromatic heterocycles. The van der Waals surface area contributed by atoms with Crippen molar-refractivity contribution in [2.45, 2.75) is 6.04 Å². The van der Waals surface area contributed by atoms with Gasteiger partial charge in [-0.25, -0.2) is 0 Å². The summed E-state index contributed by atoms with van der Waals surface area (Å²) in [5.41, 5.74) is 3.10. The molecule has 1 atom stereocenters. The summed E-state index contributed by atoms with van der Waals surface area (Å²) in [6, 6.07) is 9.86. The molecule has 4 rings (SSSR count). The lowest BCUT2D eigenvalue weighted by molar-refractivity contribution is -0.385. The van der Waals surface area contributed by atoms with E-state index < -0.39 is 4.92 Å². The van der Waals surface area contributed by atoms with Crippen LogP contribution in [0.5, 0.6) is 0 Å². The molecule has 0 amide bonds. The van der Waals surface area contributed by atoms with Gasteiger partial charge in [-0.15, -0.1) is 0 Å². The molecule has 0 N–H and O–H groups in total. The first-order chi connectivity index (χ1) is 12.6. The van der Waals surface area contributed by atoms with Crippen molar-refractivity contribution < 1.29 is 19.2 Å². The summed E-state index contributed by atoms with van der Waals surface area (Å²) in [5.74, 6) is -0.330. The molecule has 7 nitrogen and oxygen atoms in total. The number of benzene rings is 2. The number of nitro groups is 1. The number of ketones is 1. The van der Waals surface area contributed by atoms with Crippen LogP contribution in [0.25, 0.3) is 0 Å². The summed E-state index contributed by atoms with van der Waals surface area (Å²) in [6.45, 7) is 1.24. The van der Waals surface area contributed by atoms with E-state index in [2.05, 4.69) is 0 Å². The Hall–Kier alpha value is -2.90. The first-order valence-corrected chi connectivity index (χ1v) is 8.23. The topological polar surface area (TPSA) is 91.0 Å². The predicted octanol–water partition coefficient (Wildman–Crippen LogP) is 2.69. The third kappa shape index (κ3) is 2.44. The minimum atomic E-state index is -0.512. The lowest BCUT2D eigenvalue weighted by atomic mass is 9.81. The van der Waals surface area contributed by atoms with Crippen molar-refractivity contribution >= 4 is 17.2 Å². The average molecular weight is 352 g/mol. The Bertz CT molecular complexity index is 951. The van der Waals surface area contributed by atoms with Crippen molar-refractivity contribution in [3.8, 4) is 0 Å². The highest BCUT2D eigenvalue weighted by atomic mass is 16.6. The second kappa shape index (κ2) is 6.44. The molecule has 1 unspecified atom stereocenters. The Kier molecular flexibility index (Phi) is 4.10. The summed E-state index contributed by atoms with van der Waals surface area (Å²) in [6.07, 6.45) is 0. The molecular weight excluding hydrogens is 336 g/mol. The quantitative estimate of drug-likeness (QED) is 0.386. The minimum absolute atomic E-state index is 0.129. The monoisotopic (exact) mass is 352 g/mol. The van der Waals surface area contributed by atoms with E-state index in [4.69, 9.17) is 14.5 Å². The van der Waals surface area contributed by atoms with Crippen molar-refractivity contribution in [1.82, 2.24) is 0 Å². The molecule has 0 saturated carbocycles. The summed E-state index contributed by atoms with van der Waals surface area (Å²) in [4.78, 5) is 28.7. The average Bonchev–Trinajstić information content (AvgIpc) is 3.02. The van der Waals surface area contributed by atoms with Crippen LogP contribution in [-0.2, 0) is 9.47 Å². The first kappa shape index (κ1) is 16.6. The molecule has 0 fully saturated rings. The molecule has 132 valence electrons. The van der Waals surface area contributed by atoms with Gasteiger partial charge in [-0.3, -0.25) is 19.9 Å². The summed E-state index contributed by atoms with van der Waals surface area (Å²) in [5, 5.41) is 11.5. The van der Waals surface area contributed by atoms with E-state index in [9.17, 15) is 14.9 Å². The van der Waals surface area contributed by atoms with Crippen molar-refractivity contribution in [1.29, 1.82) is 0 Å². The fourth-order valence-corrected chi connectivity index (χ4v) is 3.50. The van der Waals surface area contributed by atoms with Crippen LogP contribution < -0.4 is 0 Å². The van der Waals surface area contributed by atoms with Gasteiger partial charge in [0.1, 0.15) is 5.56 Å². The maximum absolute atomic E-state index is 13.0. The number of hydrogen-bond donors (Lipinski definition) is 0. The van der Waals surface area contributed by atoms with Gasteiger partial charge in [-0.2, -0.15) is 0 Å². The highest BCUT2D eigenvalue weighted by Crippen LogP contribution is 2.42. The van der Waals surface area contributed by atoms with Crippen LogP contribution in [-0.4, -0.2) is 43.3 Å². The maximum Gasteiger partial charge on any atom is 0.281 e. The van der Waals surface area contributed by atoms with Gasteiger partial charge in [0.05, 0.1) is 36.5 Å². The summed E-state index contributed by atoms with van der Waals surface area (Å²) in [7, 11) is 1.60. The Morgan fingerprint density at radius 1 is 1.12 bits per heavy atom. The zero-order valence-electron chi connectivity index (χ0n) is 14.1. The summed E-state index contributed by atoms with van der Waals surface area (Å²) < 4.78 is 10.6. The van der Waals surface area contributed by atoms with E-state index >= 15 is 0 Å². The van der Waals surface area contributed by atoms with Gasteiger partial charge < -0.3 is 9.47 Å². The second-order valence-electron chi connectivity index (χ2n) is 6.12. The van der Waals surface area contributed by atoms with Gasteiger partial charge in [0.15, 0.2) is 0 Å². The third-order valence-electron chi connectivity index (χ3n) is 4.65. The fraction of sp³-hybridized carbons (Fsp3) is 0.263. The number of methoxy groups -OCH3 is 1. The van der Waals surface area contributed by atoms with Gasteiger partial charge >= 0.3 is 0 Å². The van der Waals surface area contributed by atoms with Crippen molar-refractivity contribution in [2.75, 3.05) is 26.9 Å². The molecule has 2 aromatic carbocycles. The minimum Gasteiger partial charge on any atom is -0.382 e. The molecule has 0 saturated heterocycles. The van der Waals surface area contributed by atoms with Crippen LogP contribution in [0.15, 0.2) is 41.4 Å². The molecule has 0 spiro atoms. The number of ether oxygens (including phenoxy) is 2. The number of carbonyl (C=O) groups is 1. The number of fused-ring (bicyclic) bond motifs is 2. The van der Waals surface area contributed by atoms with Crippen molar-refractivity contribution in [3.05, 3.63) is 74.3 Å². The van der Waals surface area contributed by atoms with Crippen LogP contribution >= 0.6 is 0 Å². The normalized spacial score (nSPS) is 16.9. The van der Waals surface area contributed by atoms with Gasteiger partial charge in [0.2, 0.25) is 5.78 Å². The Labute approximate surface area is 149 Å². The molecule has 2 aromatic rings. The molecule has 1 heterocycles. The summed E-state index contributed by atoms with van der Waals surface area (Å²) >= 11 is 0. The molecule has 26 heavy (non-hydrogen) atoms. The van der Waals surface area contributed by atoms with E-state index in [0.717, 1.165) is 5.56 Å². The zero-order chi connectivity index (χ0) is 18.3. The van der Waals surface area contributed by atoms with E-state index in [-0.39, 0.29) is 23.1 Å². The molecule has 7 heteroatoms. The van der Waals surface area contributed by atoms with Crippen molar-refractivity contribution in [2.24, 2.45) is 4.99 Å². The number of nitro benzene ring substituents is 1. The van der Waals surface area contributed by atoms with Crippen LogP contribution in [0.4, 0.5) is 5.69 Å². The lowest BCUT2D eigenvalue weighted by Crippen LogP contribution is -2.22. The SMILES string of the molecule is COCCOCC1N=C2c3ccccc3C(=O)c3c([N+](=O)[O-])ccc1c32. The van der Waals surface area contributed by atoms with Crippen molar-refractivity contribution in [3.63, 3.8) is 0 Å². The van der Waals surface area contributed by atoms with Crippen LogP contribution in [0, 0.1) is 10.1 Å².